The van der Waals surface area contributed by atoms with Crippen LogP contribution in [-0.4, -0.2) is 11.6 Å². The number of halogens is 1. The van der Waals surface area contributed by atoms with Gasteiger partial charge in [-0.1, -0.05) is 40.2 Å². The lowest BCUT2D eigenvalue weighted by Crippen LogP contribution is -2.05. The molecule has 0 fully saturated rings. The molecule has 2 nitrogen and oxygen atoms in total. The van der Waals surface area contributed by atoms with E-state index in [-0.39, 0.29) is 0 Å². The third kappa shape index (κ3) is 1.31. The van der Waals surface area contributed by atoms with Crippen molar-refractivity contribution in [2.24, 2.45) is 0 Å². The molecule has 19 heavy (non-hydrogen) atoms. The van der Waals surface area contributed by atoms with Gasteiger partial charge in [-0.05, 0) is 34.4 Å². The van der Waals surface area contributed by atoms with E-state index in [0.717, 1.165) is 26.0 Å². The van der Waals surface area contributed by atoms with Crippen molar-refractivity contribution in [3.63, 3.8) is 0 Å². The van der Waals surface area contributed by atoms with Gasteiger partial charge in [-0.15, -0.1) is 0 Å². The number of fused-ring (bicyclic) bond motifs is 2. The summed E-state index contributed by atoms with van der Waals surface area (Å²) in [5.41, 5.74) is 1.06. The Kier molecular flexibility index (Phi) is 2.01. The molecule has 1 aliphatic rings. The number of carbonyl (C=O) groups is 2. The standard InChI is InChI=1S/C16H7BrO2/c17-9-4-5-10-8(6-9)7-13-14-11(10)2-1-3-12(14)15(18)16(13)19/h1-7H. The highest BCUT2D eigenvalue weighted by molar-refractivity contribution is 9.10. The number of hydrogen-bond acceptors (Lipinski definition) is 2. The molecule has 0 saturated carbocycles. The molecule has 0 N–H and O–H groups in total. The minimum atomic E-state index is -0.395. The average molecular weight is 311 g/mol. The van der Waals surface area contributed by atoms with Crippen LogP contribution in [0.3, 0.4) is 0 Å². The molecule has 0 bridgehead atoms. The Balaban J connectivity index is 2.33. The van der Waals surface area contributed by atoms with Crippen LogP contribution in [0.5, 0.6) is 0 Å². The van der Waals surface area contributed by atoms with Crippen molar-refractivity contribution in [2.45, 2.75) is 0 Å². The number of ketones is 2. The highest BCUT2D eigenvalue weighted by Crippen LogP contribution is 2.36. The van der Waals surface area contributed by atoms with E-state index in [0.29, 0.717) is 11.1 Å². The summed E-state index contributed by atoms with van der Waals surface area (Å²) in [6.07, 6.45) is 0. The van der Waals surface area contributed by atoms with Gasteiger partial charge < -0.3 is 0 Å². The Morgan fingerprint density at radius 3 is 2.42 bits per heavy atom. The van der Waals surface area contributed by atoms with Crippen LogP contribution in [0, 0.1) is 0 Å². The molecule has 3 aromatic rings. The second kappa shape index (κ2) is 3.52. The summed E-state index contributed by atoms with van der Waals surface area (Å²) in [4.78, 5) is 24.0. The molecule has 0 atom stereocenters. The summed E-state index contributed by atoms with van der Waals surface area (Å²) in [5.74, 6) is -0.789. The molecule has 3 aromatic carbocycles. The molecule has 90 valence electrons. The first-order valence-electron chi connectivity index (χ1n) is 5.91. The Labute approximate surface area is 117 Å². The van der Waals surface area contributed by atoms with Gasteiger partial charge >= 0.3 is 0 Å². The molecule has 0 spiro atoms. The lowest BCUT2D eigenvalue weighted by Gasteiger charge is -2.06. The van der Waals surface area contributed by atoms with Crippen LogP contribution in [0.2, 0.25) is 0 Å². The largest absolute Gasteiger partial charge is 0.285 e. The number of Topliss-reactive ketones (excluding diaryl/α,β-unsaturated/α-hetero) is 2. The maximum absolute atomic E-state index is 12.0. The molecule has 0 amide bonds. The van der Waals surface area contributed by atoms with Crippen molar-refractivity contribution >= 4 is 49.0 Å². The van der Waals surface area contributed by atoms with Crippen LogP contribution in [0.15, 0.2) is 46.9 Å². The van der Waals surface area contributed by atoms with E-state index in [1.807, 2.05) is 36.4 Å². The molecule has 4 rings (SSSR count). The number of benzene rings is 3. The summed E-state index contributed by atoms with van der Waals surface area (Å²) >= 11 is 3.43. The fraction of sp³-hybridized carbons (Fsp3) is 0. The van der Waals surface area contributed by atoms with E-state index in [4.69, 9.17) is 0 Å². The lowest BCUT2D eigenvalue weighted by atomic mass is 9.98. The Morgan fingerprint density at radius 1 is 0.789 bits per heavy atom. The van der Waals surface area contributed by atoms with E-state index in [1.54, 1.807) is 6.07 Å². The van der Waals surface area contributed by atoms with E-state index in [9.17, 15) is 9.59 Å². The summed E-state index contributed by atoms with van der Waals surface area (Å²) < 4.78 is 0.958. The van der Waals surface area contributed by atoms with Crippen LogP contribution in [0.25, 0.3) is 21.5 Å². The quantitative estimate of drug-likeness (QED) is 0.462. The third-order valence-electron chi connectivity index (χ3n) is 3.63. The molecular formula is C16H7BrO2. The highest BCUT2D eigenvalue weighted by atomic mass is 79.9. The van der Waals surface area contributed by atoms with Crippen LogP contribution in [0.1, 0.15) is 20.7 Å². The second-order valence-electron chi connectivity index (χ2n) is 4.68. The van der Waals surface area contributed by atoms with Crippen molar-refractivity contribution in [3.05, 3.63) is 58.1 Å². The zero-order valence-electron chi connectivity index (χ0n) is 9.74. The minimum absolute atomic E-state index is 0.394. The predicted octanol–water partition coefficient (Wildman–Crippen LogP) is 4.13. The molecule has 3 heteroatoms. The monoisotopic (exact) mass is 310 g/mol. The Bertz CT molecular complexity index is 909. The zero-order valence-corrected chi connectivity index (χ0v) is 11.3. The number of hydrogen-bond donors (Lipinski definition) is 0. The van der Waals surface area contributed by atoms with Gasteiger partial charge in [-0.3, -0.25) is 9.59 Å². The minimum Gasteiger partial charge on any atom is -0.285 e. The molecule has 0 unspecified atom stereocenters. The van der Waals surface area contributed by atoms with E-state index < -0.39 is 11.6 Å². The summed E-state index contributed by atoms with van der Waals surface area (Å²) in [6, 6.07) is 13.3. The molecule has 0 aliphatic heterocycles. The van der Waals surface area contributed by atoms with Gasteiger partial charge in [0.15, 0.2) is 0 Å². The second-order valence-corrected chi connectivity index (χ2v) is 5.59. The average Bonchev–Trinajstić information content (AvgIpc) is 2.65. The van der Waals surface area contributed by atoms with E-state index in [1.165, 1.54) is 0 Å². The normalized spacial score (nSPS) is 13.7. The van der Waals surface area contributed by atoms with Gasteiger partial charge in [0.1, 0.15) is 0 Å². The zero-order chi connectivity index (χ0) is 13.1. The predicted molar refractivity (Wildman–Crippen MR) is 77.8 cm³/mol. The topological polar surface area (TPSA) is 34.1 Å². The van der Waals surface area contributed by atoms with E-state index >= 15 is 0 Å². The van der Waals surface area contributed by atoms with Gasteiger partial charge in [-0.2, -0.15) is 0 Å². The fourth-order valence-corrected chi connectivity index (χ4v) is 3.18. The van der Waals surface area contributed by atoms with E-state index in [2.05, 4.69) is 15.9 Å². The van der Waals surface area contributed by atoms with Gasteiger partial charge in [0, 0.05) is 21.0 Å². The highest BCUT2D eigenvalue weighted by Gasteiger charge is 2.31. The molecular weight excluding hydrogens is 304 g/mol. The maximum atomic E-state index is 12.0. The number of carbonyl (C=O) groups excluding carboxylic acids is 2. The van der Waals surface area contributed by atoms with Crippen molar-refractivity contribution < 1.29 is 9.59 Å². The molecule has 0 heterocycles. The summed E-state index contributed by atoms with van der Waals surface area (Å²) in [5, 5.41) is 3.80. The van der Waals surface area contributed by atoms with Crippen LogP contribution >= 0.6 is 15.9 Å². The first-order valence-corrected chi connectivity index (χ1v) is 6.70. The smallest absolute Gasteiger partial charge is 0.234 e. The Morgan fingerprint density at radius 2 is 1.58 bits per heavy atom. The van der Waals surface area contributed by atoms with Gasteiger partial charge in [0.25, 0.3) is 0 Å². The SMILES string of the molecule is O=C1C(=O)c2cc3cc(Br)ccc3c3cccc1c23. The van der Waals surface area contributed by atoms with Gasteiger partial charge in [-0.25, -0.2) is 0 Å². The van der Waals surface area contributed by atoms with Crippen LogP contribution < -0.4 is 0 Å². The lowest BCUT2D eigenvalue weighted by molar-refractivity contribution is 0.0825. The molecule has 0 saturated heterocycles. The third-order valence-corrected chi connectivity index (χ3v) is 4.13. The maximum Gasteiger partial charge on any atom is 0.234 e. The molecule has 1 aliphatic carbocycles. The first-order chi connectivity index (χ1) is 9.16. The van der Waals surface area contributed by atoms with Crippen molar-refractivity contribution in [1.29, 1.82) is 0 Å². The Hall–Kier alpha value is -2.00. The first kappa shape index (κ1) is 10.9. The van der Waals surface area contributed by atoms with Gasteiger partial charge in [0.05, 0.1) is 0 Å². The summed E-state index contributed by atoms with van der Waals surface area (Å²) in [7, 11) is 0. The van der Waals surface area contributed by atoms with Crippen molar-refractivity contribution in [1.82, 2.24) is 0 Å². The van der Waals surface area contributed by atoms with Crippen LogP contribution in [0.4, 0.5) is 0 Å². The van der Waals surface area contributed by atoms with Crippen LogP contribution in [-0.2, 0) is 0 Å². The van der Waals surface area contributed by atoms with Crippen molar-refractivity contribution in [2.75, 3.05) is 0 Å². The molecule has 0 radical (unpaired) electrons. The number of rotatable bonds is 0. The van der Waals surface area contributed by atoms with Gasteiger partial charge in [0.2, 0.25) is 11.6 Å². The van der Waals surface area contributed by atoms with Crippen molar-refractivity contribution in [3.8, 4) is 0 Å². The molecule has 0 aromatic heterocycles. The summed E-state index contributed by atoms with van der Waals surface area (Å²) in [6.45, 7) is 0. The fourth-order valence-electron chi connectivity index (χ4n) is 2.81.